The highest BCUT2D eigenvalue weighted by Gasteiger charge is 2.29. The predicted molar refractivity (Wildman–Crippen MR) is 39.0 cm³/mol. The van der Waals surface area contributed by atoms with Gasteiger partial charge in [-0.15, -0.1) is 13.2 Å². The SMILES string of the molecule is C=CC1NNC(=O)C1C=C. The van der Waals surface area contributed by atoms with Gasteiger partial charge in [-0.05, 0) is 0 Å². The zero-order chi connectivity index (χ0) is 7.56. The van der Waals surface area contributed by atoms with Crippen molar-refractivity contribution >= 4 is 5.91 Å². The monoisotopic (exact) mass is 138 g/mol. The maximum absolute atomic E-state index is 10.9. The molecule has 54 valence electrons. The lowest BCUT2D eigenvalue weighted by molar-refractivity contribution is -0.121. The summed E-state index contributed by atoms with van der Waals surface area (Å²) in [6.45, 7) is 7.12. The van der Waals surface area contributed by atoms with Gasteiger partial charge in [-0.25, -0.2) is 5.43 Å². The topological polar surface area (TPSA) is 41.1 Å². The molecule has 3 heteroatoms. The Labute approximate surface area is 59.8 Å². The molecule has 1 rings (SSSR count). The zero-order valence-electron chi connectivity index (χ0n) is 5.63. The molecule has 1 aliphatic heterocycles. The summed E-state index contributed by atoms with van der Waals surface area (Å²) in [6.07, 6.45) is 3.30. The Morgan fingerprint density at radius 1 is 1.40 bits per heavy atom. The third-order valence-corrected chi connectivity index (χ3v) is 1.56. The van der Waals surface area contributed by atoms with Crippen molar-refractivity contribution in [1.29, 1.82) is 0 Å². The summed E-state index contributed by atoms with van der Waals surface area (Å²) in [6, 6.07) is -0.00926. The molecular formula is C7H10N2O. The number of carbonyl (C=O) groups is 1. The van der Waals surface area contributed by atoms with Crippen molar-refractivity contribution in [1.82, 2.24) is 10.9 Å². The first kappa shape index (κ1) is 7.02. The number of rotatable bonds is 2. The third-order valence-electron chi connectivity index (χ3n) is 1.56. The standard InChI is InChI=1S/C7H10N2O/c1-3-5-6(4-2)8-9-7(5)10/h3-6,8H,1-2H2,(H,9,10). The van der Waals surface area contributed by atoms with Gasteiger partial charge in [-0.2, -0.15) is 0 Å². The smallest absolute Gasteiger partial charge is 0.242 e. The normalized spacial score (nSPS) is 31.4. The van der Waals surface area contributed by atoms with Gasteiger partial charge in [0.25, 0.3) is 0 Å². The van der Waals surface area contributed by atoms with E-state index in [1.807, 2.05) is 0 Å². The van der Waals surface area contributed by atoms with Crippen LogP contribution >= 0.6 is 0 Å². The largest absolute Gasteiger partial charge is 0.290 e. The van der Waals surface area contributed by atoms with Gasteiger partial charge < -0.3 is 0 Å². The van der Waals surface area contributed by atoms with Crippen molar-refractivity contribution < 1.29 is 4.79 Å². The summed E-state index contributed by atoms with van der Waals surface area (Å²) >= 11 is 0. The van der Waals surface area contributed by atoms with E-state index in [0.717, 1.165) is 0 Å². The van der Waals surface area contributed by atoms with Crippen molar-refractivity contribution in [2.45, 2.75) is 6.04 Å². The van der Waals surface area contributed by atoms with E-state index < -0.39 is 0 Å². The van der Waals surface area contributed by atoms with Gasteiger partial charge in [0, 0.05) is 0 Å². The first-order chi connectivity index (χ1) is 4.79. The van der Waals surface area contributed by atoms with Crippen LogP contribution in [-0.4, -0.2) is 11.9 Å². The lowest BCUT2D eigenvalue weighted by Crippen LogP contribution is -2.30. The van der Waals surface area contributed by atoms with Crippen LogP contribution in [0, 0.1) is 5.92 Å². The highest BCUT2D eigenvalue weighted by molar-refractivity contribution is 5.83. The Balaban J connectivity index is 2.71. The first-order valence-electron chi connectivity index (χ1n) is 3.10. The lowest BCUT2D eigenvalue weighted by Gasteiger charge is -2.04. The second kappa shape index (κ2) is 2.66. The van der Waals surface area contributed by atoms with Gasteiger partial charge in [0.1, 0.15) is 0 Å². The van der Waals surface area contributed by atoms with Crippen molar-refractivity contribution in [3.63, 3.8) is 0 Å². The summed E-state index contributed by atoms with van der Waals surface area (Å²) < 4.78 is 0. The van der Waals surface area contributed by atoms with Crippen LogP contribution in [0.4, 0.5) is 0 Å². The molecule has 0 aromatic heterocycles. The minimum Gasteiger partial charge on any atom is -0.290 e. The Morgan fingerprint density at radius 2 is 2.10 bits per heavy atom. The molecule has 2 N–H and O–H groups in total. The van der Waals surface area contributed by atoms with Crippen LogP contribution in [0.1, 0.15) is 0 Å². The van der Waals surface area contributed by atoms with Crippen molar-refractivity contribution in [3.8, 4) is 0 Å². The van der Waals surface area contributed by atoms with Crippen LogP contribution in [0.15, 0.2) is 25.3 Å². The van der Waals surface area contributed by atoms with Crippen molar-refractivity contribution in [2.24, 2.45) is 5.92 Å². The Kier molecular flexibility index (Phi) is 1.87. The molecule has 0 aliphatic carbocycles. The van der Waals surface area contributed by atoms with Gasteiger partial charge in [-0.1, -0.05) is 12.2 Å². The summed E-state index contributed by atoms with van der Waals surface area (Å²) in [5, 5.41) is 0. The molecule has 2 atom stereocenters. The van der Waals surface area contributed by atoms with Gasteiger partial charge in [-0.3, -0.25) is 10.2 Å². The maximum atomic E-state index is 10.9. The van der Waals surface area contributed by atoms with Crippen LogP contribution in [0.25, 0.3) is 0 Å². The van der Waals surface area contributed by atoms with Crippen molar-refractivity contribution in [3.05, 3.63) is 25.3 Å². The van der Waals surface area contributed by atoms with E-state index in [1.165, 1.54) is 0 Å². The molecule has 0 saturated carbocycles. The number of amides is 1. The van der Waals surface area contributed by atoms with Gasteiger partial charge in [0.05, 0.1) is 12.0 Å². The molecule has 1 saturated heterocycles. The summed E-state index contributed by atoms with van der Waals surface area (Å²) in [5.41, 5.74) is 5.26. The highest BCUT2D eigenvalue weighted by Crippen LogP contribution is 2.10. The first-order valence-corrected chi connectivity index (χ1v) is 3.10. The molecule has 3 nitrogen and oxygen atoms in total. The van der Waals surface area contributed by atoms with Gasteiger partial charge >= 0.3 is 0 Å². The van der Waals surface area contributed by atoms with Crippen LogP contribution in [0.2, 0.25) is 0 Å². The summed E-state index contributed by atoms with van der Waals surface area (Å²) in [4.78, 5) is 10.9. The van der Waals surface area contributed by atoms with Gasteiger partial charge in [0.2, 0.25) is 5.91 Å². The fraction of sp³-hybridized carbons (Fsp3) is 0.286. The average molecular weight is 138 g/mol. The van der Waals surface area contributed by atoms with Crippen LogP contribution in [-0.2, 0) is 4.79 Å². The molecule has 0 radical (unpaired) electrons. The molecular weight excluding hydrogens is 128 g/mol. The molecule has 0 aromatic carbocycles. The fourth-order valence-electron chi connectivity index (χ4n) is 0.950. The van der Waals surface area contributed by atoms with Crippen LogP contribution in [0.3, 0.4) is 0 Å². The van der Waals surface area contributed by atoms with Gasteiger partial charge in [0.15, 0.2) is 0 Å². The Morgan fingerprint density at radius 3 is 2.50 bits per heavy atom. The number of carbonyl (C=O) groups excluding carboxylic acids is 1. The van der Waals surface area contributed by atoms with E-state index in [4.69, 9.17) is 0 Å². The second-order valence-electron chi connectivity index (χ2n) is 2.16. The number of hydrazine groups is 1. The average Bonchev–Trinajstić information content (AvgIpc) is 2.30. The maximum Gasteiger partial charge on any atom is 0.242 e. The summed E-state index contributed by atoms with van der Waals surface area (Å²) in [7, 11) is 0. The lowest BCUT2D eigenvalue weighted by atomic mass is 10.0. The molecule has 10 heavy (non-hydrogen) atoms. The quantitative estimate of drug-likeness (QED) is 0.526. The molecule has 1 heterocycles. The third kappa shape index (κ3) is 0.953. The minimum absolute atomic E-state index is 0.00926. The van der Waals surface area contributed by atoms with Crippen LogP contribution < -0.4 is 10.9 Å². The Hall–Kier alpha value is -1.09. The molecule has 1 fully saturated rings. The molecule has 1 aliphatic rings. The number of hydrogen-bond donors (Lipinski definition) is 2. The molecule has 0 bridgehead atoms. The zero-order valence-corrected chi connectivity index (χ0v) is 5.63. The molecule has 0 spiro atoms. The van der Waals surface area contributed by atoms with E-state index in [-0.39, 0.29) is 17.9 Å². The Bertz CT molecular complexity index is 176. The van der Waals surface area contributed by atoms with E-state index >= 15 is 0 Å². The van der Waals surface area contributed by atoms with E-state index in [9.17, 15) is 4.79 Å². The summed E-state index contributed by atoms with van der Waals surface area (Å²) in [5.74, 6) is -0.211. The fourth-order valence-corrected chi connectivity index (χ4v) is 0.950. The van der Waals surface area contributed by atoms with Crippen LogP contribution in [0.5, 0.6) is 0 Å². The number of hydrogen-bond acceptors (Lipinski definition) is 2. The van der Waals surface area contributed by atoms with E-state index in [0.29, 0.717) is 0 Å². The molecule has 0 aromatic rings. The number of nitrogens with one attached hydrogen (secondary N) is 2. The van der Waals surface area contributed by atoms with E-state index in [1.54, 1.807) is 12.2 Å². The second-order valence-corrected chi connectivity index (χ2v) is 2.16. The molecule has 1 amide bonds. The molecule has 2 unspecified atom stereocenters. The predicted octanol–water partition coefficient (Wildman–Crippen LogP) is -0.0224. The highest BCUT2D eigenvalue weighted by atomic mass is 16.2. The van der Waals surface area contributed by atoms with E-state index in [2.05, 4.69) is 24.0 Å². The minimum atomic E-state index is -0.169. The van der Waals surface area contributed by atoms with Crippen molar-refractivity contribution in [2.75, 3.05) is 0 Å².